The number of fused-ring (bicyclic) bond motifs is 1. The molecule has 2 aliphatic rings. The number of hydrogen-bond acceptors (Lipinski definition) is 7. The van der Waals surface area contributed by atoms with Crippen LogP contribution in [0.5, 0.6) is 0 Å². The highest BCUT2D eigenvalue weighted by molar-refractivity contribution is 6.42. The van der Waals surface area contributed by atoms with Crippen LogP contribution < -0.4 is 0 Å². The molecule has 228 valence electrons. The minimum Gasteiger partial charge on any atom is -0.388 e. The average molecular weight is 667 g/mol. The first kappa shape index (κ1) is 30.2. The number of nitrogens with zero attached hydrogens (tertiary/aromatic N) is 5. The SMILES string of the molecule is Cc1nc([C@@H]2OC3C(O)CO[C@@H]3C(n3cc(-c4ccc(Cl)c(F)c4F)cn3)C2O)n(-c2cc(Cl)c(Cl)cc2C(F)(F)F)n1. The summed E-state index contributed by atoms with van der Waals surface area (Å²) in [6.07, 6.45) is -8.68. The van der Waals surface area contributed by atoms with Crippen LogP contribution in [0.3, 0.4) is 0 Å². The molecule has 4 unspecified atom stereocenters. The third kappa shape index (κ3) is 5.18. The number of alkyl halides is 3. The fourth-order valence-electron chi connectivity index (χ4n) is 5.34. The van der Waals surface area contributed by atoms with E-state index in [9.17, 15) is 32.2 Å². The van der Waals surface area contributed by atoms with Crippen LogP contribution >= 0.6 is 34.8 Å². The Morgan fingerprint density at radius 1 is 1.00 bits per heavy atom. The topological polar surface area (TPSA) is 107 Å². The van der Waals surface area contributed by atoms with Gasteiger partial charge in [0.15, 0.2) is 17.5 Å². The molecule has 2 N–H and O–H groups in total. The summed E-state index contributed by atoms with van der Waals surface area (Å²) in [4.78, 5) is 4.25. The molecule has 0 amide bonds. The lowest BCUT2D eigenvalue weighted by molar-refractivity contribution is -0.196. The molecule has 0 aliphatic carbocycles. The van der Waals surface area contributed by atoms with Crippen LogP contribution in [-0.4, -0.2) is 65.8 Å². The molecule has 2 aliphatic heterocycles. The van der Waals surface area contributed by atoms with E-state index < -0.39 is 70.6 Å². The van der Waals surface area contributed by atoms with E-state index in [1.807, 2.05) is 0 Å². The van der Waals surface area contributed by atoms with Gasteiger partial charge in [-0.05, 0) is 31.2 Å². The third-order valence-corrected chi connectivity index (χ3v) is 8.29. The van der Waals surface area contributed by atoms with Gasteiger partial charge in [0.1, 0.15) is 42.4 Å². The summed E-state index contributed by atoms with van der Waals surface area (Å²) < 4.78 is 84.8. The molecule has 0 radical (unpaired) electrons. The molecule has 4 aromatic rings. The van der Waals surface area contributed by atoms with Gasteiger partial charge < -0.3 is 19.7 Å². The summed E-state index contributed by atoms with van der Waals surface area (Å²) in [5.74, 6) is -2.67. The van der Waals surface area contributed by atoms with Crippen molar-refractivity contribution in [3.05, 3.63) is 80.6 Å². The molecule has 17 heteroatoms. The average Bonchev–Trinajstić information content (AvgIpc) is 3.67. The number of aliphatic hydroxyl groups is 2. The maximum absolute atomic E-state index is 14.7. The van der Waals surface area contributed by atoms with Crippen LogP contribution in [0.2, 0.25) is 15.1 Å². The third-order valence-electron chi connectivity index (χ3n) is 7.28. The Labute approximate surface area is 254 Å². The smallest absolute Gasteiger partial charge is 0.388 e. The van der Waals surface area contributed by atoms with Crippen molar-refractivity contribution in [3.8, 4) is 16.8 Å². The number of benzene rings is 2. The van der Waals surface area contributed by atoms with Crippen molar-refractivity contribution < 1.29 is 41.6 Å². The Balaban J connectivity index is 1.45. The van der Waals surface area contributed by atoms with Gasteiger partial charge in [0, 0.05) is 17.3 Å². The zero-order chi connectivity index (χ0) is 31.0. The molecule has 0 bridgehead atoms. The van der Waals surface area contributed by atoms with Gasteiger partial charge in [0.05, 0.1) is 39.1 Å². The molecule has 2 saturated heterocycles. The first-order chi connectivity index (χ1) is 20.3. The number of aromatic nitrogens is 5. The lowest BCUT2D eigenvalue weighted by Crippen LogP contribution is -2.52. The van der Waals surface area contributed by atoms with Crippen LogP contribution in [0.25, 0.3) is 16.8 Å². The van der Waals surface area contributed by atoms with Gasteiger partial charge in [0.2, 0.25) is 0 Å². The summed E-state index contributed by atoms with van der Waals surface area (Å²) in [5, 5.41) is 29.7. The van der Waals surface area contributed by atoms with E-state index in [2.05, 4.69) is 15.2 Å². The summed E-state index contributed by atoms with van der Waals surface area (Å²) in [5.41, 5.74) is -1.74. The van der Waals surface area contributed by atoms with E-state index in [4.69, 9.17) is 44.3 Å². The summed E-state index contributed by atoms with van der Waals surface area (Å²) >= 11 is 17.6. The van der Waals surface area contributed by atoms with Crippen molar-refractivity contribution in [2.75, 3.05) is 6.61 Å². The zero-order valence-electron chi connectivity index (χ0n) is 21.6. The monoisotopic (exact) mass is 665 g/mol. The van der Waals surface area contributed by atoms with Gasteiger partial charge in [0.25, 0.3) is 0 Å². The summed E-state index contributed by atoms with van der Waals surface area (Å²) in [6.45, 7) is 1.24. The molecular weight excluding hydrogens is 648 g/mol. The summed E-state index contributed by atoms with van der Waals surface area (Å²) in [7, 11) is 0. The Kier molecular flexibility index (Phi) is 7.68. The largest absolute Gasteiger partial charge is 0.418 e. The van der Waals surface area contributed by atoms with Crippen molar-refractivity contribution in [2.45, 2.75) is 49.7 Å². The predicted octanol–water partition coefficient (Wildman–Crippen LogP) is 5.50. The molecule has 43 heavy (non-hydrogen) atoms. The first-order valence-corrected chi connectivity index (χ1v) is 13.7. The normalized spacial score (nSPS) is 25.7. The Bertz CT molecular complexity index is 1720. The highest BCUT2D eigenvalue weighted by Crippen LogP contribution is 2.45. The minimum absolute atomic E-state index is 0.0357. The molecule has 6 atom stereocenters. The van der Waals surface area contributed by atoms with Gasteiger partial charge in [-0.25, -0.2) is 18.4 Å². The van der Waals surface area contributed by atoms with Crippen LogP contribution in [0.4, 0.5) is 22.0 Å². The molecule has 9 nitrogen and oxygen atoms in total. The van der Waals surface area contributed by atoms with Crippen molar-refractivity contribution in [1.82, 2.24) is 24.5 Å². The number of halogens is 8. The second-order valence-corrected chi connectivity index (χ2v) is 11.2. The van der Waals surface area contributed by atoms with Gasteiger partial charge in [-0.2, -0.15) is 23.4 Å². The van der Waals surface area contributed by atoms with E-state index in [1.54, 1.807) is 0 Å². The maximum Gasteiger partial charge on any atom is 0.418 e. The van der Waals surface area contributed by atoms with E-state index >= 15 is 0 Å². The molecule has 4 heterocycles. The number of rotatable bonds is 4. The van der Waals surface area contributed by atoms with Gasteiger partial charge >= 0.3 is 6.18 Å². The Morgan fingerprint density at radius 2 is 1.72 bits per heavy atom. The van der Waals surface area contributed by atoms with Crippen molar-refractivity contribution >= 4 is 34.8 Å². The van der Waals surface area contributed by atoms with Crippen molar-refractivity contribution in [2.24, 2.45) is 0 Å². The highest BCUT2D eigenvalue weighted by Gasteiger charge is 2.54. The van der Waals surface area contributed by atoms with Crippen LogP contribution in [0.15, 0.2) is 36.7 Å². The second-order valence-electron chi connectivity index (χ2n) is 10.0. The van der Waals surface area contributed by atoms with E-state index in [1.165, 1.54) is 36.1 Å². The van der Waals surface area contributed by atoms with Crippen molar-refractivity contribution in [3.63, 3.8) is 0 Å². The molecule has 6 rings (SSSR count). The summed E-state index contributed by atoms with van der Waals surface area (Å²) in [6, 6.07) is 2.91. The molecule has 2 fully saturated rings. The second kappa shape index (κ2) is 10.9. The van der Waals surface area contributed by atoms with E-state index in [0.29, 0.717) is 6.07 Å². The molecule has 0 spiro atoms. The minimum atomic E-state index is -4.88. The predicted molar refractivity (Wildman–Crippen MR) is 142 cm³/mol. The zero-order valence-corrected chi connectivity index (χ0v) is 23.9. The molecule has 2 aromatic heterocycles. The molecular formula is C26H19Cl3F5N5O4. The van der Waals surface area contributed by atoms with Crippen LogP contribution in [-0.2, 0) is 15.7 Å². The maximum atomic E-state index is 14.7. The first-order valence-electron chi connectivity index (χ1n) is 12.6. The fourth-order valence-corrected chi connectivity index (χ4v) is 5.81. The lowest BCUT2D eigenvalue weighted by Gasteiger charge is -2.41. The number of aryl methyl sites for hydroxylation is 1. The number of ether oxygens (including phenoxy) is 2. The van der Waals surface area contributed by atoms with E-state index in [0.717, 1.165) is 10.7 Å². The van der Waals surface area contributed by atoms with Crippen LogP contribution in [0, 0.1) is 18.6 Å². The van der Waals surface area contributed by atoms with Gasteiger partial charge in [-0.1, -0.05) is 34.8 Å². The fraction of sp³-hybridized carbons (Fsp3) is 0.346. The number of hydrogen-bond donors (Lipinski definition) is 2. The quantitative estimate of drug-likeness (QED) is 0.219. The Hall–Kier alpha value is -2.85. The number of aliphatic hydroxyl groups excluding tert-OH is 2. The van der Waals surface area contributed by atoms with Crippen LogP contribution in [0.1, 0.15) is 29.4 Å². The Morgan fingerprint density at radius 3 is 2.44 bits per heavy atom. The molecule has 0 saturated carbocycles. The lowest BCUT2D eigenvalue weighted by atomic mass is 9.91. The highest BCUT2D eigenvalue weighted by atomic mass is 35.5. The van der Waals surface area contributed by atoms with Gasteiger partial charge in [-0.15, -0.1) is 0 Å². The van der Waals surface area contributed by atoms with Crippen molar-refractivity contribution in [1.29, 1.82) is 0 Å². The van der Waals surface area contributed by atoms with Gasteiger partial charge in [-0.3, -0.25) is 4.68 Å². The van der Waals surface area contributed by atoms with E-state index in [-0.39, 0.29) is 39.4 Å². The standard InChI is InChI=1S/C26H19Cl3F5N5O4/c1-9-36-25(39(37-9)16-5-15(29)14(28)4-12(16)26(32,33)34)24-21(41)20(23-22(43-24)17(40)8-42-23)38-7-10(6-35-38)11-2-3-13(27)19(31)18(11)30/h2-7,17,20-24,40-41H,8H2,1H3/t17?,20?,21?,22?,23-,24-/m1/s1. The molecule has 2 aromatic carbocycles.